The predicted molar refractivity (Wildman–Crippen MR) is 246 cm³/mol. The number of anilines is 1. The van der Waals surface area contributed by atoms with Gasteiger partial charge in [-0.15, -0.1) is 0 Å². The number of carboxylic acids is 3. The Hall–Kier alpha value is -3.12. The molecule has 63 heavy (non-hydrogen) atoms. The van der Waals surface area contributed by atoms with Crippen LogP contribution in [-0.2, 0) is 33.0 Å². The van der Waals surface area contributed by atoms with Crippen molar-refractivity contribution >= 4 is 49.0 Å². The number of rotatable bonds is 33. The predicted octanol–water partition coefficient (Wildman–Crippen LogP) is 3.76. The van der Waals surface area contributed by atoms with Crippen molar-refractivity contribution in [2.24, 2.45) is 0 Å². The van der Waals surface area contributed by atoms with Gasteiger partial charge in [0.15, 0.2) is 0 Å². The molecule has 4 N–H and O–H groups in total. The topological polar surface area (TPSA) is 213 Å². The van der Waals surface area contributed by atoms with Crippen molar-refractivity contribution in [2.45, 2.75) is 103 Å². The van der Waals surface area contributed by atoms with Crippen molar-refractivity contribution in [3.63, 3.8) is 0 Å². The molecule has 1 amide bonds. The molecule has 1 fully saturated rings. The van der Waals surface area contributed by atoms with Gasteiger partial charge in [-0.2, -0.15) is 0 Å². The molecule has 1 aliphatic heterocycles. The summed E-state index contributed by atoms with van der Waals surface area (Å²) < 4.78 is 12.7. The molecule has 0 unspecified atom stereocenters. The summed E-state index contributed by atoms with van der Waals surface area (Å²) in [5, 5.41) is 31.8. The Morgan fingerprint density at radius 1 is 0.587 bits per heavy atom. The standard InChI is InChI=1S/C45H81N6O11P/c1-51(2,3)32-35-62-63(60,61-34-19-17-15-13-11-9-7-5-4-6-8-10-12-14-16-18-33-52)41-22-20-40(21-23-41)46-42(53)36-47-24-26-48(37-43(54)55)28-30-50(39-45(58)59)31-29-49(27-25-47)38-44(56)57/h20-23,33,63H,4-19,24-32,34-39H2,1-3H3,(H,46,53)(H,54,55)(H,56,57)(H,58,59). The molecule has 0 atom stereocenters. The molecule has 0 saturated carbocycles. The molecule has 0 aromatic heterocycles. The quantitative estimate of drug-likeness (QED) is 0.0342. The van der Waals surface area contributed by atoms with E-state index in [2.05, 4.69) is 5.32 Å². The van der Waals surface area contributed by atoms with Gasteiger partial charge in [-0.25, -0.2) is 0 Å². The number of carboxylic acid groups (broad SMARTS) is 3. The maximum atomic E-state index is 14.2. The number of hydrogen-bond acceptors (Lipinski definition) is 12. The van der Waals surface area contributed by atoms with Crippen molar-refractivity contribution in [1.29, 1.82) is 0 Å². The van der Waals surface area contributed by atoms with E-state index in [9.17, 15) is 44.2 Å². The summed E-state index contributed by atoms with van der Waals surface area (Å²) in [6.45, 7) is 2.79. The average Bonchev–Trinajstić information content (AvgIpc) is 3.20. The normalized spacial score (nSPS) is 15.9. The summed E-state index contributed by atoms with van der Waals surface area (Å²) in [4.78, 5) is 79.7. The van der Waals surface area contributed by atoms with E-state index in [0.717, 1.165) is 32.0 Å². The molecule has 2 rings (SSSR count). The Kier molecular flexibility index (Phi) is 28.9. The van der Waals surface area contributed by atoms with Crippen molar-refractivity contribution in [3.05, 3.63) is 24.3 Å². The fraction of sp³-hybridized carbons (Fsp3) is 0.756. The van der Waals surface area contributed by atoms with E-state index in [-0.39, 0.29) is 64.9 Å². The second-order valence-electron chi connectivity index (χ2n) is 17.9. The summed E-state index contributed by atoms with van der Waals surface area (Å²) in [6, 6.07) is 6.66. The molecular weight excluding hydrogens is 831 g/mol. The van der Waals surface area contributed by atoms with E-state index < -0.39 is 25.9 Å². The van der Waals surface area contributed by atoms with E-state index in [4.69, 9.17) is 9.05 Å². The Morgan fingerprint density at radius 3 is 1.30 bits per heavy atom. The first kappa shape index (κ1) is 56.0. The number of hydrogen-bond donors (Lipinski definition) is 4. The van der Waals surface area contributed by atoms with Crippen LogP contribution in [0.5, 0.6) is 0 Å². The molecule has 1 aromatic carbocycles. The summed E-state index contributed by atoms with van der Waals surface area (Å²) in [5.41, 5.74) is 0.484. The van der Waals surface area contributed by atoms with Crippen LogP contribution in [-0.4, -0.2) is 189 Å². The number of quaternary nitrogens is 1. The van der Waals surface area contributed by atoms with Gasteiger partial charge in [0.05, 0.1) is 6.54 Å². The minimum absolute atomic E-state index is 0.0432. The fourth-order valence-corrected chi connectivity index (χ4v) is 9.21. The van der Waals surface area contributed by atoms with E-state index in [1.54, 1.807) is 39.0 Å². The zero-order valence-corrected chi connectivity index (χ0v) is 39.7. The van der Waals surface area contributed by atoms with Gasteiger partial charge in [0, 0.05) is 19.5 Å². The van der Waals surface area contributed by atoms with Crippen LogP contribution in [0, 0.1) is 0 Å². The SMILES string of the molecule is C[N+](C)(C)CCO[PH]([O-])(OCCCCCCCCCCCCCCCCCC=O)c1ccc(NC(=O)CN2CCN(CC(=O)O)CCN(CC(=O)O)CCN(CC(=O)O)CC2)cc1. The number of aliphatic carboxylic acids is 3. The van der Waals surface area contributed by atoms with Crippen LogP contribution in [0.2, 0.25) is 0 Å². The second kappa shape index (κ2) is 32.5. The minimum atomic E-state index is -4.03. The summed E-state index contributed by atoms with van der Waals surface area (Å²) >= 11 is 0. The van der Waals surface area contributed by atoms with Gasteiger partial charge < -0.3 is 20.1 Å². The third-order valence-electron chi connectivity index (χ3n) is 11.2. The zero-order chi connectivity index (χ0) is 46.4. The molecule has 362 valence electrons. The van der Waals surface area contributed by atoms with Gasteiger partial charge in [0.2, 0.25) is 0 Å². The zero-order valence-electron chi connectivity index (χ0n) is 38.7. The van der Waals surface area contributed by atoms with Crippen molar-refractivity contribution in [1.82, 2.24) is 19.6 Å². The van der Waals surface area contributed by atoms with Crippen molar-refractivity contribution in [2.75, 3.05) is 125 Å². The number of nitrogens with zero attached hydrogens (tertiary/aromatic N) is 5. The Labute approximate surface area is 377 Å². The summed E-state index contributed by atoms with van der Waals surface area (Å²) in [7, 11) is 2.08. The van der Waals surface area contributed by atoms with Crippen molar-refractivity contribution in [3.8, 4) is 0 Å². The van der Waals surface area contributed by atoms with Crippen LogP contribution in [0.15, 0.2) is 24.3 Å². The van der Waals surface area contributed by atoms with E-state index in [0.29, 0.717) is 61.2 Å². The van der Waals surface area contributed by atoms with Crippen LogP contribution >= 0.6 is 7.94 Å². The number of amides is 1. The number of likely N-dealkylation sites (N-methyl/N-ethyl adjacent to an activating group) is 1. The van der Waals surface area contributed by atoms with E-state index in [1.165, 1.54) is 70.6 Å². The number of unbranched alkanes of at least 4 members (excludes halogenated alkanes) is 15. The van der Waals surface area contributed by atoms with Crippen LogP contribution in [0.4, 0.5) is 5.69 Å². The van der Waals surface area contributed by atoms with Gasteiger partial charge >= 0.3 is 274 Å². The number of benzene rings is 1. The molecule has 0 radical (unpaired) electrons. The Balaban J connectivity index is 1.92. The third-order valence-corrected chi connectivity index (χ3v) is 13.4. The molecule has 18 heteroatoms. The molecule has 1 aliphatic rings. The molecule has 0 spiro atoms. The first-order chi connectivity index (χ1) is 30.1. The first-order valence-corrected chi connectivity index (χ1v) is 25.0. The molecule has 1 aromatic rings. The van der Waals surface area contributed by atoms with Gasteiger partial charge in [0.25, 0.3) is 0 Å². The summed E-state index contributed by atoms with van der Waals surface area (Å²) in [6.07, 6.45) is 19.4. The Morgan fingerprint density at radius 2 is 0.937 bits per heavy atom. The fourth-order valence-electron chi connectivity index (χ4n) is 7.44. The monoisotopic (exact) mass is 913 g/mol. The number of carbonyl (C=O) groups is 5. The van der Waals surface area contributed by atoms with E-state index in [1.807, 2.05) is 26.0 Å². The van der Waals surface area contributed by atoms with Crippen LogP contribution in [0.3, 0.4) is 0 Å². The van der Waals surface area contributed by atoms with Crippen LogP contribution in [0.25, 0.3) is 0 Å². The number of carbonyl (C=O) groups excluding carboxylic acids is 2. The third kappa shape index (κ3) is 28.4. The molecule has 1 saturated heterocycles. The summed E-state index contributed by atoms with van der Waals surface area (Å²) in [5.74, 6) is -3.40. The van der Waals surface area contributed by atoms with Crippen molar-refractivity contribution < 1.29 is 57.7 Å². The second-order valence-corrected chi connectivity index (χ2v) is 20.2. The molecule has 17 nitrogen and oxygen atoms in total. The molecule has 0 bridgehead atoms. The molecule has 0 aliphatic carbocycles. The first-order valence-electron chi connectivity index (χ1n) is 23.3. The molecule has 1 heterocycles. The van der Waals surface area contributed by atoms with Crippen LogP contribution in [0.1, 0.15) is 103 Å². The number of nitrogens with one attached hydrogen (secondary N) is 1. The van der Waals surface area contributed by atoms with Gasteiger partial charge in [0.1, 0.15) is 6.29 Å². The molecular formula is C45H81N6O11P. The Bertz CT molecular complexity index is 1420. The number of aldehydes is 1. The average molecular weight is 913 g/mol. The van der Waals surface area contributed by atoms with Crippen LogP contribution < -0.4 is 15.5 Å². The van der Waals surface area contributed by atoms with Gasteiger partial charge in [-0.3, -0.25) is 19.3 Å². The van der Waals surface area contributed by atoms with Gasteiger partial charge in [-0.1, -0.05) is 25.7 Å². The van der Waals surface area contributed by atoms with Gasteiger partial charge in [-0.05, 0) is 6.42 Å². The maximum absolute atomic E-state index is 14.2. The van der Waals surface area contributed by atoms with E-state index >= 15 is 0 Å².